The Morgan fingerprint density at radius 1 is 0.706 bits per heavy atom. The van der Waals surface area contributed by atoms with E-state index >= 15 is 0 Å². The molecule has 186 valence electrons. The summed E-state index contributed by atoms with van der Waals surface area (Å²) in [5.41, 5.74) is 27.2. The third-order valence-electron chi connectivity index (χ3n) is 5.04. The molecule has 0 aliphatic carbocycles. The van der Waals surface area contributed by atoms with Crippen molar-refractivity contribution in [2.24, 2.45) is 44.4 Å². The van der Waals surface area contributed by atoms with Crippen LogP contribution in [0.4, 0.5) is 0 Å². The van der Waals surface area contributed by atoms with Crippen molar-refractivity contribution >= 4 is 35.4 Å². The number of aliphatic imine (C=N–C) groups is 2. The number of ketones is 2. The number of guanidine groups is 2. The number of aliphatic carboxylic acids is 2. The largest absolute Gasteiger partial charge is 0.480 e. The molecule has 0 unspecified atom stereocenters. The summed E-state index contributed by atoms with van der Waals surface area (Å²) in [4.78, 5) is 57.7. The third kappa shape index (κ3) is 6.73. The molecule has 0 saturated carbocycles. The SMILES string of the molecule is NC(N)=NCCC[C@](N)(C(=O)O)C(=O)c1ccccc1C(=O)[C@](N)(CCCN=C(N)N)C(=O)O. The van der Waals surface area contributed by atoms with Gasteiger partial charge in [-0.3, -0.25) is 19.6 Å². The Morgan fingerprint density at radius 2 is 1.03 bits per heavy atom. The maximum atomic E-state index is 13.2. The van der Waals surface area contributed by atoms with E-state index in [1.807, 2.05) is 0 Å². The van der Waals surface area contributed by atoms with E-state index in [0.717, 1.165) is 0 Å². The van der Waals surface area contributed by atoms with Gasteiger partial charge in [-0.1, -0.05) is 24.3 Å². The Labute approximate surface area is 195 Å². The second kappa shape index (κ2) is 11.7. The number of Topliss-reactive ketones (excluding diaryl/α,β-unsaturated/α-hetero) is 2. The first kappa shape index (κ1) is 28.0. The molecule has 0 spiro atoms. The average molecular weight is 479 g/mol. The minimum atomic E-state index is -2.43. The normalized spacial score (nSPS) is 14.2. The van der Waals surface area contributed by atoms with Gasteiger partial charge in [-0.15, -0.1) is 0 Å². The van der Waals surface area contributed by atoms with Gasteiger partial charge in [-0.2, -0.15) is 0 Å². The maximum absolute atomic E-state index is 13.2. The van der Waals surface area contributed by atoms with Gasteiger partial charge in [0.1, 0.15) is 0 Å². The third-order valence-corrected chi connectivity index (χ3v) is 5.04. The van der Waals surface area contributed by atoms with Crippen molar-refractivity contribution in [1.29, 1.82) is 0 Å². The molecule has 0 aromatic heterocycles. The van der Waals surface area contributed by atoms with Crippen molar-refractivity contribution < 1.29 is 29.4 Å². The number of hydrogen-bond donors (Lipinski definition) is 8. The van der Waals surface area contributed by atoms with Crippen LogP contribution in [0.25, 0.3) is 0 Å². The van der Waals surface area contributed by atoms with Gasteiger partial charge in [0.15, 0.2) is 34.6 Å². The summed E-state index contributed by atoms with van der Waals surface area (Å²) in [5, 5.41) is 19.3. The molecular weight excluding hydrogens is 448 g/mol. The zero-order chi connectivity index (χ0) is 26.1. The Bertz CT molecular complexity index is 924. The highest BCUT2D eigenvalue weighted by Crippen LogP contribution is 2.25. The molecule has 2 atom stereocenters. The average Bonchev–Trinajstić information content (AvgIpc) is 2.77. The monoisotopic (exact) mass is 478 g/mol. The molecule has 14 N–H and O–H groups in total. The van der Waals surface area contributed by atoms with Crippen LogP contribution in [0.3, 0.4) is 0 Å². The molecule has 0 amide bonds. The van der Waals surface area contributed by atoms with Crippen LogP contribution in [-0.4, -0.2) is 69.8 Å². The lowest BCUT2D eigenvalue weighted by Crippen LogP contribution is -2.57. The summed E-state index contributed by atoms with van der Waals surface area (Å²) in [7, 11) is 0. The minimum Gasteiger partial charge on any atom is -0.480 e. The van der Waals surface area contributed by atoms with Gasteiger partial charge in [-0.05, 0) is 25.7 Å². The summed E-state index contributed by atoms with van der Waals surface area (Å²) < 4.78 is 0. The van der Waals surface area contributed by atoms with Gasteiger partial charge < -0.3 is 44.6 Å². The Balaban J connectivity index is 3.34. The lowest BCUT2D eigenvalue weighted by atomic mass is 9.79. The van der Waals surface area contributed by atoms with E-state index in [1.54, 1.807) is 0 Å². The van der Waals surface area contributed by atoms with Crippen LogP contribution >= 0.6 is 0 Å². The molecule has 0 heterocycles. The second-order valence-corrected chi connectivity index (χ2v) is 7.58. The van der Waals surface area contributed by atoms with Crippen molar-refractivity contribution in [3.63, 3.8) is 0 Å². The molecule has 0 radical (unpaired) electrons. The van der Waals surface area contributed by atoms with Crippen molar-refractivity contribution in [1.82, 2.24) is 0 Å². The number of carboxylic acid groups (broad SMARTS) is 2. The smallest absolute Gasteiger partial charge is 0.331 e. The van der Waals surface area contributed by atoms with Gasteiger partial charge in [0.05, 0.1) is 0 Å². The molecule has 1 aromatic carbocycles. The highest BCUT2D eigenvalue weighted by Gasteiger charge is 2.47. The van der Waals surface area contributed by atoms with Crippen LogP contribution in [0.2, 0.25) is 0 Å². The number of carbonyl (C=O) groups excluding carboxylic acids is 2. The molecule has 1 aromatic rings. The summed E-state index contributed by atoms with van der Waals surface area (Å²) >= 11 is 0. The minimum absolute atomic E-state index is 0.0170. The molecular formula is C20H30N8O6. The number of carboxylic acids is 2. The van der Waals surface area contributed by atoms with E-state index in [0.29, 0.717) is 0 Å². The van der Waals surface area contributed by atoms with E-state index in [2.05, 4.69) is 9.98 Å². The number of rotatable bonds is 14. The standard InChI is InChI=1S/C20H30N8O6/c21-17(22)27-9-3-7-19(25,15(31)32)13(29)11-5-1-2-6-12(11)14(30)20(26,16(33)34)8-4-10-28-18(23)24/h1-2,5-6H,3-4,7-10,25-26H2,(H,31,32)(H,33,34)(H4,21,22,27)(H4,23,24,28)/t19-,20-/m1/s1. The van der Waals surface area contributed by atoms with Crippen molar-refractivity contribution in [2.45, 2.75) is 36.8 Å². The van der Waals surface area contributed by atoms with Crippen LogP contribution in [0, 0.1) is 0 Å². The molecule has 0 bridgehead atoms. The molecule has 14 nitrogen and oxygen atoms in total. The first-order valence-electron chi connectivity index (χ1n) is 10.1. The van der Waals surface area contributed by atoms with E-state index in [1.165, 1.54) is 24.3 Å². The Kier molecular flexibility index (Phi) is 9.65. The molecule has 0 fully saturated rings. The lowest BCUT2D eigenvalue weighted by molar-refractivity contribution is -0.142. The second-order valence-electron chi connectivity index (χ2n) is 7.58. The van der Waals surface area contributed by atoms with Crippen LogP contribution in [-0.2, 0) is 9.59 Å². The fourth-order valence-electron chi connectivity index (χ4n) is 3.13. The van der Waals surface area contributed by atoms with Crippen molar-refractivity contribution in [2.75, 3.05) is 13.1 Å². The highest BCUT2D eigenvalue weighted by atomic mass is 16.4. The van der Waals surface area contributed by atoms with E-state index in [9.17, 15) is 29.4 Å². The number of hydrogen-bond acceptors (Lipinski definition) is 8. The molecule has 14 heteroatoms. The van der Waals surface area contributed by atoms with Crippen LogP contribution in [0.15, 0.2) is 34.3 Å². The van der Waals surface area contributed by atoms with Crippen LogP contribution < -0.4 is 34.4 Å². The van der Waals surface area contributed by atoms with Gasteiger partial charge in [0.2, 0.25) is 0 Å². The number of carbonyl (C=O) groups is 4. The number of benzene rings is 1. The predicted molar refractivity (Wildman–Crippen MR) is 124 cm³/mol. The maximum Gasteiger partial charge on any atom is 0.331 e. The summed E-state index contributed by atoms with van der Waals surface area (Å²) in [6, 6.07) is 5.11. The molecule has 0 aliphatic rings. The van der Waals surface area contributed by atoms with Crippen molar-refractivity contribution in [3.8, 4) is 0 Å². The van der Waals surface area contributed by atoms with Crippen molar-refractivity contribution in [3.05, 3.63) is 35.4 Å². The van der Waals surface area contributed by atoms with Crippen LogP contribution in [0.5, 0.6) is 0 Å². The zero-order valence-electron chi connectivity index (χ0n) is 18.4. The first-order valence-corrected chi connectivity index (χ1v) is 10.1. The first-order chi connectivity index (χ1) is 15.8. The fourth-order valence-corrected chi connectivity index (χ4v) is 3.13. The summed E-state index contributed by atoms with van der Waals surface area (Å²) in [6.45, 7) is 0.0340. The Morgan fingerprint density at radius 3 is 1.29 bits per heavy atom. The Hall–Kier alpha value is -4.04. The zero-order valence-corrected chi connectivity index (χ0v) is 18.4. The fraction of sp³-hybridized carbons (Fsp3) is 0.400. The molecule has 1 rings (SSSR count). The van der Waals surface area contributed by atoms with E-state index in [4.69, 9.17) is 34.4 Å². The molecule has 34 heavy (non-hydrogen) atoms. The summed E-state index contributed by atoms with van der Waals surface area (Å²) in [6.07, 6.45) is -0.621. The quantitative estimate of drug-likeness (QED) is 0.0461. The highest BCUT2D eigenvalue weighted by molar-refractivity contribution is 6.24. The van der Waals surface area contributed by atoms with Gasteiger partial charge in [0.25, 0.3) is 0 Å². The van der Waals surface area contributed by atoms with Gasteiger partial charge in [-0.25, -0.2) is 9.59 Å². The molecule has 0 aliphatic heterocycles. The predicted octanol–water partition coefficient (Wildman–Crippen LogP) is -2.28. The van der Waals surface area contributed by atoms with E-state index < -0.39 is 34.6 Å². The topological polar surface area (TPSA) is 290 Å². The number of nitrogens with zero attached hydrogens (tertiary/aromatic N) is 2. The van der Waals surface area contributed by atoms with Gasteiger partial charge >= 0.3 is 11.9 Å². The van der Waals surface area contributed by atoms with Gasteiger partial charge in [0, 0.05) is 24.2 Å². The van der Waals surface area contributed by atoms with Crippen LogP contribution in [0.1, 0.15) is 46.4 Å². The van der Waals surface area contributed by atoms with E-state index in [-0.39, 0.29) is 61.8 Å². The number of nitrogens with two attached hydrogens (primary N) is 6. The lowest BCUT2D eigenvalue weighted by Gasteiger charge is -2.27. The summed E-state index contributed by atoms with van der Waals surface area (Å²) in [5.74, 6) is -5.90. The molecule has 0 saturated heterocycles.